The monoisotopic (exact) mass is 338 g/mol. The maximum Gasteiger partial charge on any atom is 0.165 e. The highest BCUT2D eigenvalue weighted by Crippen LogP contribution is 2.25. The van der Waals surface area contributed by atoms with Crippen LogP contribution in [-0.4, -0.2) is 19.1 Å². The summed E-state index contributed by atoms with van der Waals surface area (Å²) in [5, 5.41) is 6.89. The first-order valence-corrected chi connectivity index (χ1v) is 7.83. The molecule has 1 saturated heterocycles. The molecule has 23 heavy (non-hydrogen) atoms. The molecule has 2 aromatic carbocycles. The lowest BCUT2D eigenvalue weighted by atomic mass is 10.2. The molecule has 0 unspecified atom stereocenters. The molecular weight excluding hydrogens is 322 g/mol. The van der Waals surface area contributed by atoms with Crippen LogP contribution in [0.1, 0.15) is 12.0 Å². The number of anilines is 1. The Balaban J connectivity index is 1.68. The third-order valence-corrected chi connectivity index (χ3v) is 4.00. The molecule has 0 amide bonds. The normalized spacial score (nSPS) is 17.3. The molecule has 1 aliphatic heterocycles. The number of rotatable bonds is 5. The van der Waals surface area contributed by atoms with Crippen molar-refractivity contribution in [2.24, 2.45) is 0 Å². The van der Waals surface area contributed by atoms with Gasteiger partial charge in [0.15, 0.2) is 11.6 Å². The molecule has 2 N–H and O–H groups in total. The van der Waals surface area contributed by atoms with Crippen molar-refractivity contribution in [2.75, 3.05) is 18.4 Å². The van der Waals surface area contributed by atoms with Crippen LogP contribution in [0.3, 0.4) is 0 Å². The fraction of sp³-hybridized carbons (Fsp3) is 0.294. The Hall–Kier alpha value is -1.85. The zero-order valence-electron chi connectivity index (χ0n) is 12.4. The van der Waals surface area contributed by atoms with Crippen LogP contribution < -0.4 is 15.4 Å². The van der Waals surface area contributed by atoms with Gasteiger partial charge < -0.3 is 15.4 Å². The van der Waals surface area contributed by atoms with E-state index in [0.717, 1.165) is 25.2 Å². The van der Waals surface area contributed by atoms with Crippen LogP contribution in [0.4, 0.5) is 14.5 Å². The lowest BCUT2D eigenvalue weighted by Gasteiger charge is -2.15. The van der Waals surface area contributed by atoms with Crippen molar-refractivity contribution in [1.82, 2.24) is 5.32 Å². The van der Waals surface area contributed by atoms with Crippen LogP contribution in [0, 0.1) is 11.6 Å². The van der Waals surface area contributed by atoms with Gasteiger partial charge in [0.1, 0.15) is 12.4 Å². The number of nitrogens with one attached hydrogen (secondary N) is 2. The van der Waals surface area contributed by atoms with Crippen LogP contribution >= 0.6 is 11.6 Å². The fourth-order valence-corrected chi connectivity index (χ4v) is 2.67. The van der Waals surface area contributed by atoms with E-state index in [-0.39, 0.29) is 12.4 Å². The zero-order chi connectivity index (χ0) is 16.2. The minimum atomic E-state index is -0.477. The lowest BCUT2D eigenvalue weighted by Crippen LogP contribution is -2.22. The van der Waals surface area contributed by atoms with Crippen LogP contribution in [-0.2, 0) is 6.61 Å². The van der Waals surface area contributed by atoms with E-state index in [1.54, 1.807) is 18.2 Å². The Kier molecular flexibility index (Phi) is 4.98. The Labute approximate surface area is 138 Å². The minimum Gasteiger partial charge on any atom is -0.486 e. The average molecular weight is 339 g/mol. The third kappa shape index (κ3) is 4.12. The topological polar surface area (TPSA) is 33.3 Å². The van der Waals surface area contributed by atoms with Crippen molar-refractivity contribution in [3.05, 3.63) is 58.6 Å². The van der Waals surface area contributed by atoms with Gasteiger partial charge in [-0.1, -0.05) is 17.7 Å². The molecule has 1 fully saturated rings. The lowest BCUT2D eigenvalue weighted by molar-refractivity contribution is 0.285. The zero-order valence-corrected chi connectivity index (χ0v) is 13.2. The number of hydrogen-bond donors (Lipinski definition) is 2. The van der Waals surface area contributed by atoms with Gasteiger partial charge in [0.05, 0.1) is 0 Å². The summed E-state index contributed by atoms with van der Waals surface area (Å²) in [6.45, 7) is 1.79. The second-order valence-corrected chi connectivity index (χ2v) is 5.94. The van der Waals surface area contributed by atoms with E-state index in [0.29, 0.717) is 16.6 Å². The second-order valence-electron chi connectivity index (χ2n) is 5.50. The highest BCUT2D eigenvalue weighted by atomic mass is 35.5. The molecule has 3 nitrogen and oxygen atoms in total. The first kappa shape index (κ1) is 16.0. The fourth-order valence-electron chi connectivity index (χ4n) is 2.51. The Morgan fingerprint density at radius 2 is 2.04 bits per heavy atom. The molecule has 0 radical (unpaired) electrons. The summed E-state index contributed by atoms with van der Waals surface area (Å²) < 4.78 is 33.0. The summed E-state index contributed by atoms with van der Waals surface area (Å²) in [7, 11) is 0. The summed E-state index contributed by atoms with van der Waals surface area (Å²) in [4.78, 5) is 0. The van der Waals surface area contributed by atoms with Gasteiger partial charge in [0, 0.05) is 34.9 Å². The van der Waals surface area contributed by atoms with Crippen LogP contribution in [0.5, 0.6) is 5.75 Å². The third-order valence-electron chi connectivity index (χ3n) is 3.76. The first-order chi connectivity index (χ1) is 11.1. The van der Waals surface area contributed by atoms with Gasteiger partial charge in [-0.2, -0.15) is 0 Å². The van der Waals surface area contributed by atoms with Crippen molar-refractivity contribution >= 4 is 17.3 Å². The van der Waals surface area contributed by atoms with E-state index in [1.165, 1.54) is 18.2 Å². The molecule has 122 valence electrons. The number of halogens is 3. The molecule has 1 heterocycles. The molecule has 0 bridgehead atoms. The van der Waals surface area contributed by atoms with Gasteiger partial charge in [-0.05, 0) is 37.2 Å². The Bertz CT molecular complexity index is 690. The van der Waals surface area contributed by atoms with E-state index in [2.05, 4.69) is 10.6 Å². The number of ether oxygens (including phenoxy) is 1. The molecule has 1 atom stereocenters. The maximum absolute atomic E-state index is 13.9. The van der Waals surface area contributed by atoms with Crippen molar-refractivity contribution in [1.29, 1.82) is 0 Å². The molecule has 0 aromatic heterocycles. The quantitative estimate of drug-likeness (QED) is 0.865. The van der Waals surface area contributed by atoms with Crippen molar-refractivity contribution in [2.45, 2.75) is 19.1 Å². The molecule has 3 rings (SSSR count). The maximum atomic E-state index is 13.9. The average Bonchev–Trinajstić information content (AvgIpc) is 3.02. The summed E-state index contributed by atoms with van der Waals surface area (Å²) in [5.41, 5.74) is 1.11. The van der Waals surface area contributed by atoms with Crippen LogP contribution in [0.25, 0.3) is 0 Å². The van der Waals surface area contributed by atoms with Crippen LogP contribution in [0.15, 0.2) is 36.4 Å². The van der Waals surface area contributed by atoms with Crippen molar-refractivity contribution < 1.29 is 13.5 Å². The molecule has 1 aliphatic rings. The molecular formula is C17H17ClF2N2O. The van der Waals surface area contributed by atoms with Gasteiger partial charge in [-0.25, -0.2) is 8.78 Å². The number of hydrogen-bond acceptors (Lipinski definition) is 3. The van der Waals surface area contributed by atoms with Gasteiger partial charge in [-0.15, -0.1) is 0 Å². The predicted molar refractivity (Wildman–Crippen MR) is 87.0 cm³/mol. The molecule has 0 aliphatic carbocycles. The van der Waals surface area contributed by atoms with Gasteiger partial charge in [-0.3, -0.25) is 0 Å². The van der Waals surface area contributed by atoms with E-state index in [9.17, 15) is 8.78 Å². The predicted octanol–water partition coefficient (Wildman–Crippen LogP) is 3.97. The standard InChI is InChI=1S/C17H17ClF2N2O/c18-12-2-1-11(16(20)7-12)10-23-17-8-13(3-4-15(17)19)22-14-5-6-21-9-14/h1-4,7-8,14,21-22H,5-6,9-10H2/t14-/m1/s1. The van der Waals surface area contributed by atoms with Gasteiger partial charge >= 0.3 is 0 Å². The summed E-state index contributed by atoms with van der Waals surface area (Å²) in [5.74, 6) is -0.853. The van der Waals surface area contributed by atoms with Gasteiger partial charge in [0.2, 0.25) is 0 Å². The van der Waals surface area contributed by atoms with Crippen molar-refractivity contribution in [3.8, 4) is 5.75 Å². The van der Waals surface area contributed by atoms with Crippen molar-refractivity contribution in [3.63, 3.8) is 0 Å². The summed E-state index contributed by atoms with van der Waals surface area (Å²) >= 11 is 5.71. The largest absolute Gasteiger partial charge is 0.486 e. The molecule has 6 heteroatoms. The minimum absolute atomic E-state index is 0.0612. The second kappa shape index (κ2) is 7.15. The number of benzene rings is 2. The van der Waals surface area contributed by atoms with Crippen LogP contribution in [0.2, 0.25) is 5.02 Å². The molecule has 0 saturated carbocycles. The van der Waals surface area contributed by atoms with E-state index in [4.69, 9.17) is 16.3 Å². The molecule has 2 aromatic rings. The Morgan fingerprint density at radius 1 is 1.17 bits per heavy atom. The van der Waals surface area contributed by atoms with E-state index in [1.807, 2.05) is 0 Å². The highest BCUT2D eigenvalue weighted by molar-refractivity contribution is 6.30. The molecule has 0 spiro atoms. The summed E-state index contributed by atoms with van der Waals surface area (Å²) in [6, 6.07) is 9.25. The highest BCUT2D eigenvalue weighted by Gasteiger charge is 2.15. The van der Waals surface area contributed by atoms with E-state index < -0.39 is 11.6 Å². The van der Waals surface area contributed by atoms with E-state index >= 15 is 0 Å². The first-order valence-electron chi connectivity index (χ1n) is 7.45. The van der Waals surface area contributed by atoms with Gasteiger partial charge in [0.25, 0.3) is 0 Å². The smallest absolute Gasteiger partial charge is 0.165 e. The summed E-state index contributed by atoms with van der Waals surface area (Å²) in [6.07, 6.45) is 1.02. The Morgan fingerprint density at radius 3 is 2.78 bits per heavy atom. The SMILES string of the molecule is Fc1cc(Cl)ccc1COc1cc(N[C@@H]2CCNC2)ccc1F.